The van der Waals surface area contributed by atoms with Crippen LogP contribution < -0.4 is 5.32 Å². The predicted octanol–water partition coefficient (Wildman–Crippen LogP) is 3.92. The van der Waals surface area contributed by atoms with E-state index in [1.165, 1.54) is 0 Å². The van der Waals surface area contributed by atoms with Crippen LogP contribution in [0.5, 0.6) is 0 Å². The highest BCUT2D eigenvalue weighted by Gasteiger charge is 2.22. The Morgan fingerprint density at radius 2 is 1.80 bits per heavy atom. The lowest BCUT2D eigenvalue weighted by molar-refractivity contribution is 0.0858. The number of hydrogen-bond acceptors (Lipinski definition) is 3. The maximum Gasteiger partial charge on any atom is 0.168 e. The van der Waals surface area contributed by atoms with E-state index in [1.54, 1.807) is 6.20 Å². The van der Waals surface area contributed by atoms with Crippen LogP contribution in [0.1, 0.15) is 36.8 Å². The van der Waals surface area contributed by atoms with Gasteiger partial charge in [0.25, 0.3) is 0 Å². The van der Waals surface area contributed by atoms with E-state index in [9.17, 15) is 4.79 Å². The number of anilines is 1. The Balaban J connectivity index is 2.00. The second kappa shape index (κ2) is 5.87. The minimum absolute atomic E-state index is 0.161. The molecule has 1 N–H and O–H groups in total. The van der Waals surface area contributed by atoms with E-state index < -0.39 is 0 Å². The molecule has 1 heterocycles. The van der Waals surface area contributed by atoms with Crippen molar-refractivity contribution < 1.29 is 4.79 Å². The second-order valence-electron chi connectivity index (χ2n) is 5.83. The summed E-state index contributed by atoms with van der Waals surface area (Å²) in [6.45, 7) is 6.47. The largest absolute Gasteiger partial charge is 0.379 e. The zero-order valence-electron chi connectivity index (χ0n) is 12.2. The molecule has 0 saturated heterocycles. The van der Waals surface area contributed by atoms with E-state index in [2.05, 4.69) is 10.3 Å². The molecule has 3 nitrogen and oxygen atoms in total. The highest BCUT2D eigenvalue weighted by Crippen LogP contribution is 2.21. The van der Waals surface area contributed by atoms with Crippen molar-refractivity contribution in [3.63, 3.8) is 0 Å². The van der Waals surface area contributed by atoms with Gasteiger partial charge in [-0.2, -0.15) is 0 Å². The van der Waals surface area contributed by atoms with Crippen LogP contribution in [-0.4, -0.2) is 10.8 Å². The molecule has 0 fully saturated rings. The molecule has 0 saturated carbocycles. The average Bonchev–Trinajstić information content (AvgIpc) is 2.45. The molecule has 0 amide bonds. The van der Waals surface area contributed by atoms with Gasteiger partial charge in [0, 0.05) is 22.9 Å². The number of carbonyl (C=O) groups excluding carboxylic acids is 1. The van der Waals surface area contributed by atoms with Gasteiger partial charge in [0.1, 0.15) is 0 Å². The highest BCUT2D eigenvalue weighted by molar-refractivity contribution is 6.00. The minimum Gasteiger partial charge on any atom is -0.379 e. The molecule has 0 bridgehead atoms. The average molecular weight is 268 g/mol. The van der Waals surface area contributed by atoms with Crippen molar-refractivity contribution in [1.82, 2.24) is 4.98 Å². The first kappa shape index (κ1) is 14.3. The minimum atomic E-state index is -0.344. The topological polar surface area (TPSA) is 42.0 Å². The lowest BCUT2D eigenvalue weighted by Gasteiger charge is -2.16. The van der Waals surface area contributed by atoms with Gasteiger partial charge in [-0.3, -0.25) is 9.78 Å². The Morgan fingerprint density at radius 3 is 2.35 bits per heavy atom. The maximum atomic E-state index is 12.1. The van der Waals surface area contributed by atoms with Gasteiger partial charge in [0.2, 0.25) is 0 Å². The Labute approximate surface area is 120 Å². The molecule has 0 aliphatic rings. The smallest absolute Gasteiger partial charge is 0.168 e. The fourth-order valence-corrected chi connectivity index (χ4v) is 1.87. The summed E-state index contributed by atoms with van der Waals surface area (Å²) in [6, 6.07) is 13.4. The van der Waals surface area contributed by atoms with Crippen molar-refractivity contribution in [1.29, 1.82) is 0 Å². The van der Waals surface area contributed by atoms with Gasteiger partial charge in [-0.15, -0.1) is 0 Å². The number of ketones is 1. The standard InChI is InChI=1S/C17H20N2O/c1-17(2,3)16(20)13-7-9-14(10-8-13)19-12-15-6-4-5-11-18-15/h4-11,19H,12H2,1-3H3. The van der Waals surface area contributed by atoms with E-state index in [1.807, 2.05) is 63.2 Å². The van der Waals surface area contributed by atoms with Gasteiger partial charge < -0.3 is 5.32 Å². The summed E-state index contributed by atoms with van der Waals surface area (Å²) in [5.41, 5.74) is 2.38. The molecule has 0 aliphatic carbocycles. The number of aromatic nitrogens is 1. The number of pyridine rings is 1. The number of Topliss-reactive ketones (excluding diaryl/α,β-unsaturated/α-hetero) is 1. The van der Waals surface area contributed by atoms with Crippen LogP contribution >= 0.6 is 0 Å². The van der Waals surface area contributed by atoms with Crippen molar-refractivity contribution in [3.05, 3.63) is 59.9 Å². The quantitative estimate of drug-likeness (QED) is 0.854. The number of nitrogens with zero attached hydrogens (tertiary/aromatic N) is 1. The van der Waals surface area contributed by atoms with Crippen molar-refractivity contribution in [2.45, 2.75) is 27.3 Å². The summed E-state index contributed by atoms with van der Waals surface area (Å²) >= 11 is 0. The predicted molar refractivity (Wildman–Crippen MR) is 81.8 cm³/mol. The molecule has 104 valence electrons. The van der Waals surface area contributed by atoms with Gasteiger partial charge in [0.15, 0.2) is 5.78 Å². The molecule has 20 heavy (non-hydrogen) atoms. The molecule has 0 unspecified atom stereocenters. The Morgan fingerprint density at radius 1 is 1.10 bits per heavy atom. The number of benzene rings is 1. The van der Waals surface area contributed by atoms with Crippen LogP contribution in [0.25, 0.3) is 0 Å². The number of hydrogen-bond donors (Lipinski definition) is 1. The first-order valence-electron chi connectivity index (χ1n) is 6.75. The van der Waals surface area contributed by atoms with Gasteiger partial charge >= 0.3 is 0 Å². The van der Waals surface area contributed by atoms with Gasteiger partial charge in [-0.1, -0.05) is 26.8 Å². The molecule has 0 aliphatic heterocycles. The van der Waals surface area contributed by atoms with Crippen LogP contribution in [-0.2, 0) is 6.54 Å². The summed E-state index contributed by atoms with van der Waals surface area (Å²) in [5, 5.41) is 3.29. The molecule has 2 aromatic rings. The van der Waals surface area contributed by atoms with Gasteiger partial charge in [-0.05, 0) is 36.4 Å². The lowest BCUT2D eigenvalue weighted by atomic mass is 9.86. The summed E-state index contributed by atoms with van der Waals surface area (Å²) in [7, 11) is 0. The molecule has 1 aromatic carbocycles. The van der Waals surface area contributed by atoms with E-state index in [0.717, 1.165) is 16.9 Å². The lowest BCUT2D eigenvalue weighted by Crippen LogP contribution is -2.20. The van der Waals surface area contributed by atoms with Crippen LogP contribution in [0.3, 0.4) is 0 Å². The summed E-state index contributed by atoms with van der Waals surface area (Å²) in [5.74, 6) is 0.161. The summed E-state index contributed by atoms with van der Waals surface area (Å²) in [4.78, 5) is 16.4. The third-order valence-corrected chi connectivity index (χ3v) is 3.03. The summed E-state index contributed by atoms with van der Waals surface area (Å²) in [6.07, 6.45) is 1.78. The zero-order valence-corrected chi connectivity index (χ0v) is 12.2. The SMILES string of the molecule is CC(C)(C)C(=O)c1ccc(NCc2ccccn2)cc1. The monoisotopic (exact) mass is 268 g/mol. The Bertz CT molecular complexity index is 568. The zero-order chi connectivity index (χ0) is 14.6. The molecule has 1 aromatic heterocycles. The summed E-state index contributed by atoms with van der Waals surface area (Å²) < 4.78 is 0. The van der Waals surface area contributed by atoms with Crippen molar-refractivity contribution in [3.8, 4) is 0 Å². The van der Waals surface area contributed by atoms with Crippen LogP contribution in [0.4, 0.5) is 5.69 Å². The number of rotatable bonds is 4. The fraction of sp³-hybridized carbons (Fsp3) is 0.294. The van der Waals surface area contributed by atoms with Crippen LogP contribution in [0.15, 0.2) is 48.7 Å². The molecule has 0 spiro atoms. The van der Waals surface area contributed by atoms with E-state index >= 15 is 0 Å². The molecule has 3 heteroatoms. The molecule has 2 rings (SSSR count). The third-order valence-electron chi connectivity index (χ3n) is 3.03. The van der Waals surface area contributed by atoms with E-state index in [0.29, 0.717) is 6.54 Å². The number of carbonyl (C=O) groups is 1. The van der Waals surface area contributed by atoms with Crippen molar-refractivity contribution >= 4 is 11.5 Å². The molecule has 0 atom stereocenters. The Kier molecular flexibility index (Phi) is 4.18. The number of nitrogens with one attached hydrogen (secondary N) is 1. The first-order chi connectivity index (χ1) is 9.47. The molecular formula is C17H20N2O. The van der Waals surface area contributed by atoms with Gasteiger partial charge in [0.05, 0.1) is 12.2 Å². The van der Waals surface area contributed by atoms with Crippen molar-refractivity contribution in [2.24, 2.45) is 5.41 Å². The van der Waals surface area contributed by atoms with Crippen molar-refractivity contribution in [2.75, 3.05) is 5.32 Å². The third kappa shape index (κ3) is 3.67. The molecule has 0 radical (unpaired) electrons. The van der Waals surface area contributed by atoms with Crippen LogP contribution in [0.2, 0.25) is 0 Å². The first-order valence-corrected chi connectivity index (χ1v) is 6.75. The normalized spacial score (nSPS) is 11.2. The maximum absolute atomic E-state index is 12.1. The van der Waals surface area contributed by atoms with E-state index in [4.69, 9.17) is 0 Å². The Hall–Kier alpha value is -2.16. The fourth-order valence-electron chi connectivity index (χ4n) is 1.87. The van der Waals surface area contributed by atoms with Crippen LogP contribution in [0, 0.1) is 5.41 Å². The highest BCUT2D eigenvalue weighted by atomic mass is 16.1. The molecular weight excluding hydrogens is 248 g/mol. The second-order valence-corrected chi connectivity index (χ2v) is 5.83. The van der Waals surface area contributed by atoms with E-state index in [-0.39, 0.29) is 11.2 Å². The van der Waals surface area contributed by atoms with Gasteiger partial charge in [-0.25, -0.2) is 0 Å².